The molecule has 0 radical (unpaired) electrons. The summed E-state index contributed by atoms with van der Waals surface area (Å²) in [6.45, 7) is 1.24. The zero-order chi connectivity index (χ0) is 21.8. The van der Waals surface area contributed by atoms with Gasteiger partial charge in [-0.2, -0.15) is 4.31 Å². The normalized spacial score (nSPS) is 14.9. The van der Waals surface area contributed by atoms with Crippen LogP contribution in [0.15, 0.2) is 83.8 Å². The largest absolute Gasteiger partial charge is 0.497 e. The second-order valence-electron chi connectivity index (χ2n) is 7.32. The molecule has 1 saturated heterocycles. The number of carbonyl (C=O) groups is 1. The molecule has 0 bridgehead atoms. The molecule has 1 aliphatic rings. The third-order valence-corrected chi connectivity index (χ3v) is 7.37. The fourth-order valence-corrected chi connectivity index (χ4v) is 5.07. The first-order chi connectivity index (χ1) is 15.0. The number of methoxy groups -OCH3 is 1. The van der Waals surface area contributed by atoms with Gasteiger partial charge < -0.3 is 9.64 Å². The van der Waals surface area contributed by atoms with Crippen LogP contribution < -0.4 is 4.74 Å². The summed E-state index contributed by atoms with van der Waals surface area (Å²) in [5, 5.41) is 0. The predicted molar refractivity (Wildman–Crippen MR) is 120 cm³/mol. The maximum atomic E-state index is 12.9. The van der Waals surface area contributed by atoms with E-state index in [1.54, 1.807) is 29.2 Å². The third kappa shape index (κ3) is 4.47. The Morgan fingerprint density at radius 1 is 0.774 bits per heavy atom. The molecule has 0 spiro atoms. The van der Waals surface area contributed by atoms with Gasteiger partial charge in [0.25, 0.3) is 5.91 Å². The van der Waals surface area contributed by atoms with Crippen molar-refractivity contribution in [2.45, 2.75) is 4.90 Å². The average Bonchev–Trinajstić information content (AvgIpc) is 2.84. The molecule has 3 aromatic rings. The second-order valence-corrected chi connectivity index (χ2v) is 9.25. The van der Waals surface area contributed by atoms with Crippen LogP contribution in [0.2, 0.25) is 0 Å². The molecule has 0 saturated carbocycles. The smallest absolute Gasteiger partial charge is 0.253 e. The highest BCUT2D eigenvalue weighted by Gasteiger charge is 2.30. The monoisotopic (exact) mass is 436 g/mol. The summed E-state index contributed by atoms with van der Waals surface area (Å²) in [5.74, 6) is 0.522. The van der Waals surface area contributed by atoms with Crippen molar-refractivity contribution in [3.05, 3.63) is 84.4 Å². The molecule has 0 aromatic heterocycles. The number of piperazine rings is 1. The van der Waals surface area contributed by atoms with Crippen molar-refractivity contribution in [2.24, 2.45) is 0 Å². The minimum atomic E-state index is -3.60. The number of benzene rings is 3. The molecule has 0 aliphatic carbocycles. The highest BCUT2D eigenvalue weighted by atomic mass is 32.2. The van der Waals surface area contributed by atoms with Gasteiger partial charge in [0.1, 0.15) is 5.75 Å². The number of amides is 1. The first-order valence-electron chi connectivity index (χ1n) is 10.1. The van der Waals surface area contributed by atoms with Crippen molar-refractivity contribution < 1.29 is 17.9 Å². The van der Waals surface area contributed by atoms with Crippen LogP contribution in [0.1, 0.15) is 10.4 Å². The van der Waals surface area contributed by atoms with Crippen LogP contribution in [0.3, 0.4) is 0 Å². The standard InChI is InChI=1S/C24H24N2O4S/c1-30-22-11-13-23(14-12-22)31(28,29)26-17-15-25(16-18-26)24(27)21-9-7-20(8-10-21)19-5-3-2-4-6-19/h2-14H,15-18H2,1H3. The second kappa shape index (κ2) is 8.91. The highest BCUT2D eigenvalue weighted by Crippen LogP contribution is 2.22. The zero-order valence-electron chi connectivity index (χ0n) is 17.3. The topological polar surface area (TPSA) is 66.9 Å². The molecule has 0 N–H and O–H groups in total. The summed E-state index contributed by atoms with van der Waals surface area (Å²) in [5.41, 5.74) is 2.75. The predicted octanol–water partition coefficient (Wildman–Crippen LogP) is 3.51. The van der Waals surface area contributed by atoms with E-state index in [1.807, 2.05) is 54.6 Å². The van der Waals surface area contributed by atoms with Gasteiger partial charge in [-0.05, 0) is 47.5 Å². The molecular weight excluding hydrogens is 412 g/mol. The molecule has 7 heteroatoms. The Hall–Kier alpha value is -3.16. The average molecular weight is 437 g/mol. The van der Waals surface area contributed by atoms with E-state index in [0.717, 1.165) is 11.1 Å². The minimum Gasteiger partial charge on any atom is -0.497 e. The van der Waals surface area contributed by atoms with Crippen LogP contribution >= 0.6 is 0 Å². The van der Waals surface area contributed by atoms with Crippen molar-refractivity contribution in [2.75, 3.05) is 33.3 Å². The Labute approximate surface area is 182 Å². The number of rotatable bonds is 5. The molecule has 4 rings (SSSR count). The van der Waals surface area contributed by atoms with E-state index in [-0.39, 0.29) is 23.9 Å². The number of nitrogens with zero attached hydrogens (tertiary/aromatic N) is 2. The Bertz CT molecular complexity index is 1140. The van der Waals surface area contributed by atoms with Gasteiger partial charge in [-0.25, -0.2) is 8.42 Å². The van der Waals surface area contributed by atoms with E-state index in [1.165, 1.54) is 11.4 Å². The molecule has 0 unspecified atom stereocenters. The molecule has 1 fully saturated rings. The first kappa shape index (κ1) is 21.1. The Morgan fingerprint density at radius 2 is 1.35 bits per heavy atom. The van der Waals surface area contributed by atoms with Gasteiger partial charge in [-0.15, -0.1) is 0 Å². The lowest BCUT2D eigenvalue weighted by Crippen LogP contribution is -2.50. The molecule has 31 heavy (non-hydrogen) atoms. The molecular formula is C24H24N2O4S. The Kier molecular flexibility index (Phi) is 6.06. The lowest BCUT2D eigenvalue weighted by Gasteiger charge is -2.34. The molecule has 3 aromatic carbocycles. The van der Waals surface area contributed by atoms with Gasteiger partial charge in [0.2, 0.25) is 10.0 Å². The highest BCUT2D eigenvalue weighted by molar-refractivity contribution is 7.89. The maximum absolute atomic E-state index is 12.9. The fourth-order valence-electron chi connectivity index (χ4n) is 3.65. The number of hydrogen-bond acceptors (Lipinski definition) is 4. The quantitative estimate of drug-likeness (QED) is 0.614. The van der Waals surface area contributed by atoms with Gasteiger partial charge in [-0.1, -0.05) is 42.5 Å². The third-order valence-electron chi connectivity index (χ3n) is 5.46. The van der Waals surface area contributed by atoms with Gasteiger partial charge in [-0.3, -0.25) is 4.79 Å². The van der Waals surface area contributed by atoms with Gasteiger partial charge >= 0.3 is 0 Å². The summed E-state index contributed by atoms with van der Waals surface area (Å²) in [6, 6.07) is 23.9. The van der Waals surface area contributed by atoms with Crippen molar-refractivity contribution in [3.63, 3.8) is 0 Å². The van der Waals surface area contributed by atoms with Crippen LogP contribution in [0.4, 0.5) is 0 Å². The van der Waals surface area contributed by atoms with Crippen molar-refractivity contribution in [1.82, 2.24) is 9.21 Å². The molecule has 1 heterocycles. The molecule has 1 amide bonds. The van der Waals surface area contributed by atoms with Gasteiger partial charge in [0.05, 0.1) is 12.0 Å². The van der Waals surface area contributed by atoms with Crippen LogP contribution in [0, 0.1) is 0 Å². The van der Waals surface area contributed by atoms with Crippen molar-refractivity contribution in [3.8, 4) is 16.9 Å². The maximum Gasteiger partial charge on any atom is 0.253 e. The Morgan fingerprint density at radius 3 is 1.94 bits per heavy atom. The lowest BCUT2D eigenvalue weighted by molar-refractivity contribution is 0.0698. The van der Waals surface area contributed by atoms with E-state index in [4.69, 9.17) is 4.74 Å². The van der Waals surface area contributed by atoms with E-state index in [2.05, 4.69) is 0 Å². The summed E-state index contributed by atoms with van der Waals surface area (Å²) < 4.78 is 32.3. The number of ether oxygens (including phenoxy) is 1. The van der Waals surface area contributed by atoms with E-state index < -0.39 is 10.0 Å². The van der Waals surface area contributed by atoms with E-state index >= 15 is 0 Å². The summed E-state index contributed by atoms with van der Waals surface area (Å²) >= 11 is 0. The van der Waals surface area contributed by atoms with E-state index in [9.17, 15) is 13.2 Å². The SMILES string of the molecule is COc1ccc(S(=O)(=O)N2CCN(C(=O)c3ccc(-c4ccccc4)cc3)CC2)cc1. The van der Waals surface area contributed by atoms with Crippen molar-refractivity contribution in [1.29, 1.82) is 0 Å². The van der Waals surface area contributed by atoms with E-state index in [0.29, 0.717) is 24.4 Å². The van der Waals surface area contributed by atoms with Crippen LogP contribution in [-0.2, 0) is 10.0 Å². The first-order valence-corrected chi connectivity index (χ1v) is 11.5. The number of carbonyl (C=O) groups excluding carboxylic acids is 1. The zero-order valence-corrected chi connectivity index (χ0v) is 18.1. The minimum absolute atomic E-state index is 0.0823. The summed E-state index contributed by atoms with van der Waals surface area (Å²) in [7, 11) is -2.06. The molecule has 1 aliphatic heterocycles. The van der Waals surface area contributed by atoms with Crippen LogP contribution in [0.5, 0.6) is 5.75 Å². The molecule has 160 valence electrons. The van der Waals surface area contributed by atoms with Crippen LogP contribution in [-0.4, -0.2) is 56.8 Å². The number of hydrogen-bond donors (Lipinski definition) is 0. The molecule has 0 atom stereocenters. The van der Waals surface area contributed by atoms with Gasteiger partial charge in [0, 0.05) is 31.7 Å². The summed E-state index contributed by atoms with van der Waals surface area (Å²) in [4.78, 5) is 14.8. The van der Waals surface area contributed by atoms with Crippen molar-refractivity contribution >= 4 is 15.9 Å². The fraction of sp³-hybridized carbons (Fsp3) is 0.208. The van der Waals surface area contributed by atoms with Gasteiger partial charge in [0.15, 0.2) is 0 Å². The molecule has 6 nitrogen and oxygen atoms in total. The van der Waals surface area contributed by atoms with Crippen LogP contribution in [0.25, 0.3) is 11.1 Å². The summed E-state index contributed by atoms with van der Waals surface area (Å²) in [6.07, 6.45) is 0. The number of sulfonamides is 1. The Balaban J connectivity index is 1.40. The lowest BCUT2D eigenvalue weighted by atomic mass is 10.0.